The number of hydrogen-bond donors (Lipinski definition) is 3. The number of aromatic nitrogens is 1. The van der Waals surface area contributed by atoms with Crippen molar-refractivity contribution in [2.45, 2.75) is 13.0 Å². The number of rotatable bonds is 3. The summed E-state index contributed by atoms with van der Waals surface area (Å²) in [7, 11) is 0. The molecule has 2 atom stereocenters. The van der Waals surface area contributed by atoms with Crippen LogP contribution in [0.4, 0.5) is 9.93 Å². The van der Waals surface area contributed by atoms with Crippen LogP contribution in [0.2, 0.25) is 0 Å². The molecule has 2 amide bonds. The molecule has 0 saturated carbocycles. The van der Waals surface area contributed by atoms with Crippen LogP contribution in [0.5, 0.6) is 0 Å². The predicted molar refractivity (Wildman–Crippen MR) is 72.3 cm³/mol. The lowest BCUT2D eigenvalue weighted by molar-refractivity contribution is -0.148. The van der Waals surface area contributed by atoms with Crippen molar-refractivity contribution in [3.63, 3.8) is 0 Å². The number of hydrogen-bond acceptors (Lipinski definition) is 5. The number of nitrogens with one attached hydrogen (secondary N) is 2. The number of carbonyl (C=O) groups excluding carboxylic acids is 1. The smallest absolute Gasteiger partial charge is 0.321 e. The number of halogens is 1. The fraction of sp³-hybridized carbons (Fsp3) is 0.500. The van der Waals surface area contributed by atoms with Crippen molar-refractivity contribution in [1.29, 1.82) is 0 Å². The van der Waals surface area contributed by atoms with Gasteiger partial charge in [0.25, 0.3) is 0 Å². The van der Waals surface area contributed by atoms with Crippen LogP contribution in [0, 0.1) is 5.41 Å². The van der Waals surface area contributed by atoms with Crippen LogP contribution in [0.3, 0.4) is 0 Å². The first kappa shape index (κ1) is 14.2. The topological polar surface area (TPSA) is 101 Å². The maximum Gasteiger partial charge on any atom is 0.321 e. The van der Waals surface area contributed by atoms with Gasteiger partial charge in [0.05, 0.1) is 29.2 Å². The third kappa shape index (κ3) is 3.04. The highest BCUT2D eigenvalue weighted by Crippen LogP contribution is 2.29. The zero-order valence-electron chi connectivity index (χ0n) is 9.97. The Morgan fingerprint density at radius 1 is 1.68 bits per heavy atom. The highest BCUT2D eigenvalue weighted by atomic mass is 79.9. The van der Waals surface area contributed by atoms with Crippen molar-refractivity contribution in [2.75, 3.05) is 18.5 Å². The third-order valence-corrected chi connectivity index (χ3v) is 4.34. The summed E-state index contributed by atoms with van der Waals surface area (Å²) in [4.78, 5) is 26.9. The number of carboxylic acids is 1. The first-order valence-electron chi connectivity index (χ1n) is 5.42. The number of amides is 2. The van der Waals surface area contributed by atoms with Gasteiger partial charge in [-0.3, -0.25) is 10.1 Å². The van der Waals surface area contributed by atoms with Gasteiger partial charge in [0.15, 0.2) is 5.13 Å². The summed E-state index contributed by atoms with van der Waals surface area (Å²) < 4.78 is 5.94. The first-order chi connectivity index (χ1) is 8.91. The highest BCUT2D eigenvalue weighted by Gasteiger charge is 2.47. The molecule has 7 nitrogen and oxygen atoms in total. The second kappa shape index (κ2) is 5.43. The van der Waals surface area contributed by atoms with Gasteiger partial charge in [0.2, 0.25) is 0 Å². The molecule has 1 aromatic rings. The quantitative estimate of drug-likeness (QED) is 0.767. The van der Waals surface area contributed by atoms with Crippen LogP contribution in [0.1, 0.15) is 6.92 Å². The molecule has 2 unspecified atom stereocenters. The van der Waals surface area contributed by atoms with Gasteiger partial charge in [0.1, 0.15) is 5.41 Å². The van der Waals surface area contributed by atoms with E-state index in [1.54, 1.807) is 13.1 Å². The second-order valence-corrected chi connectivity index (χ2v) is 6.77. The summed E-state index contributed by atoms with van der Waals surface area (Å²) in [6.45, 7) is 1.81. The molecule has 0 aromatic carbocycles. The van der Waals surface area contributed by atoms with E-state index >= 15 is 0 Å². The summed E-state index contributed by atoms with van der Waals surface area (Å²) >= 11 is 4.50. The normalized spacial score (nSPS) is 26.1. The molecule has 0 spiro atoms. The molecule has 3 N–H and O–H groups in total. The molecule has 1 aliphatic heterocycles. The van der Waals surface area contributed by atoms with E-state index in [-0.39, 0.29) is 13.2 Å². The Balaban J connectivity index is 1.97. The van der Waals surface area contributed by atoms with Gasteiger partial charge in [0, 0.05) is 0 Å². The standard InChI is InChI=1S/C10H12BrN3O4S/c1-10(7(15)16)4-18-3-5(10)13-8(17)14-9-12-2-6(11)19-9/h2,5H,3-4H2,1H3,(H,15,16)(H2,12,13,14,17). The average Bonchev–Trinajstić information content (AvgIpc) is 2.87. The Morgan fingerprint density at radius 3 is 3.00 bits per heavy atom. The Morgan fingerprint density at radius 2 is 2.42 bits per heavy atom. The third-order valence-electron chi connectivity index (χ3n) is 2.95. The van der Waals surface area contributed by atoms with E-state index in [9.17, 15) is 14.7 Å². The van der Waals surface area contributed by atoms with Crippen molar-refractivity contribution < 1.29 is 19.4 Å². The number of ether oxygens (including phenoxy) is 1. The molecule has 2 heterocycles. The van der Waals surface area contributed by atoms with E-state index in [1.807, 2.05) is 0 Å². The number of carbonyl (C=O) groups is 2. The lowest BCUT2D eigenvalue weighted by Crippen LogP contribution is -2.50. The molecule has 2 rings (SSSR count). The van der Waals surface area contributed by atoms with Crippen molar-refractivity contribution >= 4 is 44.4 Å². The minimum absolute atomic E-state index is 0.0794. The molecule has 1 fully saturated rings. The van der Waals surface area contributed by atoms with Gasteiger partial charge in [-0.15, -0.1) is 0 Å². The lowest BCUT2D eigenvalue weighted by Gasteiger charge is -2.25. The maximum atomic E-state index is 11.8. The van der Waals surface area contributed by atoms with Crippen LogP contribution in [0.15, 0.2) is 9.98 Å². The molecule has 0 aliphatic carbocycles. The minimum Gasteiger partial charge on any atom is -0.481 e. The number of aliphatic carboxylic acids is 1. The molecule has 104 valence electrons. The Kier molecular flexibility index (Phi) is 4.07. The average molecular weight is 350 g/mol. The lowest BCUT2D eigenvalue weighted by atomic mass is 9.85. The van der Waals surface area contributed by atoms with Gasteiger partial charge in [-0.05, 0) is 22.9 Å². The molecule has 1 saturated heterocycles. The molecule has 0 radical (unpaired) electrons. The fourth-order valence-electron chi connectivity index (χ4n) is 1.69. The van der Waals surface area contributed by atoms with E-state index in [0.717, 1.165) is 3.79 Å². The summed E-state index contributed by atoms with van der Waals surface area (Å²) in [5.74, 6) is -0.993. The maximum absolute atomic E-state index is 11.8. The van der Waals surface area contributed by atoms with E-state index in [4.69, 9.17) is 4.74 Å². The first-order valence-corrected chi connectivity index (χ1v) is 7.03. The number of carboxylic acid groups (broad SMARTS) is 1. The molecule has 9 heteroatoms. The van der Waals surface area contributed by atoms with Crippen molar-refractivity contribution in [1.82, 2.24) is 10.3 Å². The molecule has 1 aromatic heterocycles. The predicted octanol–water partition coefficient (Wildman–Crippen LogP) is 1.52. The second-order valence-electron chi connectivity index (χ2n) is 4.36. The van der Waals surface area contributed by atoms with Gasteiger partial charge < -0.3 is 15.2 Å². The summed E-state index contributed by atoms with van der Waals surface area (Å²) in [6.07, 6.45) is 1.57. The molecular weight excluding hydrogens is 338 g/mol. The number of nitrogens with zero attached hydrogens (tertiary/aromatic N) is 1. The Labute approximate surface area is 121 Å². The Bertz CT molecular complexity index is 509. The van der Waals surface area contributed by atoms with Gasteiger partial charge in [-0.2, -0.15) is 0 Å². The summed E-state index contributed by atoms with van der Waals surface area (Å²) in [5.41, 5.74) is -1.11. The summed E-state index contributed by atoms with van der Waals surface area (Å²) in [5, 5.41) is 14.8. The van der Waals surface area contributed by atoms with Crippen LogP contribution in [-0.4, -0.2) is 41.3 Å². The number of thiazole rings is 1. The monoisotopic (exact) mass is 349 g/mol. The van der Waals surface area contributed by atoms with Crippen LogP contribution in [0.25, 0.3) is 0 Å². The molecule has 1 aliphatic rings. The number of anilines is 1. The van der Waals surface area contributed by atoms with Gasteiger partial charge in [-0.25, -0.2) is 9.78 Å². The number of urea groups is 1. The van der Waals surface area contributed by atoms with Crippen LogP contribution >= 0.6 is 27.3 Å². The van der Waals surface area contributed by atoms with E-state index in [0.29, 0.717) is 5.13 Å². The van der Waals surface area contributed by atoms with Gasteiger partial charge >= 0.3 is 12.0 Å². The van der Waals surface area contributed by atoms with Crippen LogP contribution < -0.4 is 10.6 Å². The highest BCUT2D eigenvalue weighted by molar-refractivity contribution is 9.11. The minimum atomic E-state index is -1.11. The summed E-state index contributed by atoms with van der Waals surface area (Å²) in [6, 6.07) is -1.07. The van der Waals surface area contributed by atoms with Crippen LogP contribution in [-0.2, 0) is 9.53 Å². The van der Waals surface area contributed by atoms with E-state index < -0.39 is 23.5 Å². The fourth-order valence-corrected chi connectivity index (χ4v) is 2.79. The van der Waals surface area contributed by atoms with E-state index in [1.165, 1.54) is 11.3 Å². The van der Waals surface area contributed by atoms with Crippen molar-refractivity contribution in [2.24, 2.45) is 5.41 Å². The molecule has 19 heavy (non-hydrogen) atoms. The zero-order chi connectivity index (χ0) is 14.0. The van der Waals surface area contributed by atoms with Crippen molar-refractivity contribution in [3.8, 4) is 0 Å². The Hall–Kier alpha value is -1.19. The van der Waals surface area contributed by atoms with E-state index in [2.05, 4.69) is 31.5 Å². The SMILES string of the molecule is CC1(C(=O)O)COCC1NC(=O)Nc1ncc(Br)s1. The molecule has 0 bridgehead atoms. The zero-order valence-corrected chi connectivity index (χ0v) is 12.4. The van der Waals surface area contributed by atoms with Crippen molar-refractivity contribution in [3.05, 3.63) is 9.98 Å². The molecular formula is C10H12BrN3O4S. The van der Waals surface area contributed by atoms with Gasteiger partial charge in [-0.1, -0.05) is 11.3 Å². The largest absolute Gasteiger partial charge is 0.481 e.